The number of carbonyl (C=O) groups is 1. The molecule has 1 saturated carbocycles. The molecule has 1 unspecified atom stereocenters. The van der Waals surface area contributed by atoms with Gasteiger partial charge in [-0.2, -0.15) is 0 Å². The lowest BCUT2D eigenvalue weighted by atomic mass is 9.93. The van der Waals surface area contributed by atoms with Crippen molar-refractivity contribution in [3.8, 4) is 0 Å². The summed E-state index contributed by atoms with van der Waals surface area (Å²) in [5, 5.41) is 8.99. The van der Waals surface area contributed by atoms with Crippen LogP contribution in [0, 0.1) is 0 Å². The van der Waals surface area contributed by atoms with Crippen LogP contribution in [0.15, 0.2) is 24.3 Å². The number of nitrogens with one attached hydrogen (secondary N) is 3. The van der Waals surface area contributed by atoms with Gasteiger partial charge in [-0.05, 0) is 50.9 Å². The molecule has 0 saturated heterocycles. The van der Waals surface area contributed by atoms with E-state index in [9.17, 15) is 4.79 Å². The molecular formula is C14H21N3O. The lowest BCUT2D eigenvalue weighted by molar-refractivity contribution is 0.240. The Bertz CT molecular complexity index is 398. The summed E-state index contributed by atoms with van der Waals surface area (Å²) in [5.74, 6) is 0. The van der Waals surface area contributed by atoms with Crippen LogP contribution in [0.25, 0.3) is 0 Å². The Hall–Kier alpha value is -1.55. The number of anilines is 1. The van der Waals surface area contributed by atoms with Crippen LogP contribution >= 0.6 is 0 Å². The van der Waals surface area contributed by atoms with Crippen LogP contribution in [-0.4, -0.2) is 19.1 Å². The Labute approximate surface area is 108 Å². The van der Waals surface area contributed by atoms with Gasteiger partial charge in [0.1, 0.15) is 0 Å². The van der Waals surface area contributed by atoms with E-state index in [0.29, 0.717) is 12.1 Å². The molecule has 0 heterocycles. The van der Waals surface area contributed by atoms with Gasteiger partial charge in [-0.3, -0.25) is 0 Å². The van der Waals surface area contributed by atoms with Crippen LogP contribution < -0.4 is 16.0 Å². The second-order valence-electron chi connectivity index (χ2n) is 4.86. The number of benzene rings is 1. The zero-order valence-electron chi connectivity index (χ0n) is 11.0. The van der Waals surface area contributed by atoms with E-state index in [1.54, 1.807) is 0 Å². The third kappa shape index (κ3) is 3.23. The van der Waals surface area contributed by atoms with Gasteiger partial charge in [0.05, 0.1) is 0 Å². The first-order valence-corrected chi connectivity index (χ1v) is 6.54. The van der Waals surface area contributed by atoms with Crippen molar-refractivity contribution in [3.05, 3.63) is 29.8 Å². The van der Waals surface area contributed by atoms with Gasteiger partial charge in [0.25, 0.3) is 0 Å². The molecule has 4 nitrogen and oxygen atoms in total. The highest BCUT2D eigenvalue weighted by Crippen LogP contribution is 2.19. The lowest BCUT2D eigenvalue weighted by Gasteiger charge is -2.26. The summed E-state index contributed by atoms with van der Waals surface area (Å²) >= 11 is 0. The Morgan fingerprint density at radius 1 is 1.28 bits per heavy atom. The van der Waals surface area contributed by atoms with Crippen molar-refractivity contribution in [2.75, 3.05) is 12.4 Å². The van der Waals surface area contributed by atoms with Crippen LogP contribution in [0.5, 0.6) is 0 Å². The molecule has 0 radical (unpaired) electrons. The van der Waals surface area contributed by atoms with Crippen LogP contribution in [-0.2, 0) is 0 Å². The van der Waals surface area contributed by atoms with Crippen LogP contribution in [0.4, 0.5) is 10.5 Å². The predicted octanol–water partition coefficient (Wildman–Crippen LogP) is 2.64. The van der Waals surface area contributed by atoms with E-state index in [1.807, 2.05) is 31.3 Å². The minimum absolute atomic E-state index is 0.103. The van der Waals surface area contributed by atoms with E-state index in [0.717, 1.165) is 18.5 Å². The summed E-state index contributed by atoms with van der Waals surface area (Å²) in [6.45, 7) is 2.10. The van der Waals surface area contributed by atoms with Crippen LogP contribution in [0.2, 0.25) is 0 Å². The molecule has 98 valence electrons. The summed E-state index contributed by atoms with van der Waals surface area (Å²) in [6.07, 6.45) is 3.43. The smallest absolute Gasteiger partial charge is 0.319 e. The molecule has 0 aliphatic heterocycles. The van der Waals surface area contributed by atoms with E-state index in [4.69, 9.17) is 0 Å². The molecule has 4 heteroatoms. The van der Waals surface area contributed by atoms with E-state index in [2.05, 4.69) is 22.9 Å². The van der Waals surface area contributed by atoms with Gasteiger partial charge in [-0.1, -0.05) is 12.1 Å². The lowest BCUT2D eigenvalue weighted by Crippen LogP contribution is -2.41. The minimum Gasteiger partial charge on any atom is -0.335 e. The average molecular weight is 247 g/mol. The number of carbonyl (C=O) groups excluding carboxylic acids is 1. The van der Waals surface area contributed by atoms with Gasteiger partial charge in [0.2, 0.25) is 0 Å². The van der Waals surface area contributed by atoms with Crippen molar-refractivity contribution in [1.82, 2.24) is 10.6 Å². The molecule has 2 amide bonds. The molecule has 2 rings (SSSR count). The molecular weight excluding hydrogens is 226 g/mol. The number of hydrogen-bond donors (Lipinski definition) is 3. The average Bonchev–Trinajstić information content (AvgIpc) is 2.34. The molecule has 1 aliphatic carbocycles. The maximum Gasteiger partial charge on any atom is 0.319 e. The Balaban J connectivity index is 1.87. The maximum atomic E-state index is 11.7. The van der Waals surface area contributed by atoms with Gasteiger partial charge in [-0.25, -0.2) is 4.79 Å². The van der Waals surface area contributed by atoms with Crippen molar-refractivity contribution >= 4 is 11.7 Å². The zero-order valence-corrected chi connectivity index (χ0v) is 11.0. The molecule has 1 aromatic carbocycles. The Morgan fingerprint density at radius 3 is 2.44 bits per heavy atom. The predicted molar refractivity (Wildman–Crippen MR) is 73.7 cm³/mol. The maximum absolute atomic E-state index is 11.7. The van der Waals surface area contributed by atoms with Gasteiger partial charge in [-0.15, -0.1) is 0 Å². The topological polar surface area (TPSA) is 53.2 Å². The SMILES string of the molecule is CNC(C)c1ccc(NC(=O)NC2CCC2)cc1. The summed E-state index contributed by atoms with van der Waals surface area (Å²) < 4.78 is 0. The van der Waals surface area contributed by atoms with Crippen molar-refractivity contribution < 1.29 is 4.79 Å². The van der Waals surface area contributed by atoms with Crippen LogP contribution in [0.3, 0.4) is 0 Å². The normalized spacial score (nSPS) is 16.8. The van der Waals surface area contributed by atoms with Gasteiger partial charge in [0.15, 0.2) is 0 Å². The fraction of sp³-hybridized carbons (Fsp3) is 0.500. The molecule has 0 spiro atoms. The van der Waals surface area contributed by atoms with Crippen molar-refractivity contribution in [2.45, 2.75) is 38.3 Å². The largest absolute Gasteiger partial charge is 0.335 e. The second kappa shape index (κ2) is 5.87. The second-order valence-corrected chi connectivity index (χ2v) is 4.86. The molecule has 1 fully saturated rings. The molecule has 18 heavy (non-hydrogen) atoms. The number of amides is 2. The van der Waals surface area contributed by atoms with Gasteiger partial charge < -0.3 is 16.0 Å². The van der Waals surface area contributed by atoms with Gasteiger partial charge in [0, 0.05) is 17.8 Å². The third-order valence-electron chi connectivity index (χ3n) is 3.54. The molecule has 1 aromatic rings. The molecule has 1 atom stereocenters. The first kappa shape index (κ1) is 12.9. The highest BCUT2D eigenvalue weighted by molar-refractivity contribution is 5.89. The van der Waals surface area contributed by atoms with Crippen molar-refractivity contribution in [2.24, 2.45) is 0 Å². The van der Waals surface area contributed by atoms with Crippen molar-refractivity contribution in [3.63, 3.8) is 0 Å². The summed E-state index contributed by atoms with van der Waals surface area (Å²) in [7, 11) is 1.93. The van der Waals surface area contributed by atoms with E-state index >= 15 is 0 Å². The monoisotopic (exact) mass is 247 g/mol. The van der Waals surface area contributed by atoms with E-state index in [1.165, 1.54) is 12.0 Å². The fourth-order valence-electron chi connectivity index (χ4n) is 1.93. The zero-order chi connectivity index (χ0) is 13.0. The summed E-state index contributed by atoms with van der Waals surface area (Å²) in [6, 6.07) is 8.51. The Kier molecular flexibility index (Phi) is 4.20. The first-order valence-electron chi connectivity index (χ1n) is 6.54. The minimum atomic E-state index is -0.103. The van der Waals surface area contributed by atoms with E-state index < -0.39 is 0 Å². The summed E-state index contributed by atoms with van der Waals surface area (Å²) in [5.41, 5.74) is 2.04. The number of rotatable bonds is 4. The number of hydrogen-bond acceptors (Lipinski definition) is 2. The molecule has 0 bridgehead atoms. The molecule has 3 N–H and O–H groups in total. The quantitative estimate of drug-likeness (QED) is 0.766. The first-order chi connectivity index (χ1) is 8.69. The highest BCUT2D eigenvalue weighted by atomic mass is 16.2. The molecule has 1 aliphatic rings. The van der Waals surface area contributed by atoms with Crippen molar-refractivity contribution in [1.29, 1.82) is 0 Å². The summed E-state index contributed by atoms with van der Waals surface area (Å²) in [4.78, 5) is 11.7. The molecule has 0 aromatic heterocycles. The Morgan fingerprint density at radius 2 is 1.94 bits per heavy atom. The van der Waals surface area contributed by atoms with E-state index in [-0.39, 0.29) is 6.03 Å². The van der Waals surface area contributed by atoms with Gasteiger partial charge >= 0.3 is 6.03 Å². The standard InChI is InChI=1S/C14H21N3O/c1-10(15-2)11-6-8-13(9-7-11)17-14(18)16-12-4-3-5-12/h6-10,12,15H,3-5H2,1-2H3,(H2,16,17,18). The highest BCUT2D eigenvalue weighted by Gasteiger charge is 2.19. The third-order valence-corrected chi connectivity index (χ3v) is 3.54. The van der Waals surface area contributed by atoms with Crippen LogP contribution in [0.1, 0.15) is 37.8 Å². The fourth-order valence-corrected chi connectivity index (χ4v) is 1.93. The number of urea groups is 1.